The molecule has 0 bridgehead atoms. The number of aromatic nitrogens is 3. The van der Waals surface area contributed by atoms with Crippen molar-refractivity contribution in [3.8, 4) is 0 Å². The van der Waals surface area contributed by atoms with Crippen LogP contribution in [-0.2, 0) is 13.5 Å². The lowest BCUT2D eigenvalue weighted by Crippen LogP contribution is -2.11. The highest BCUT2D eigenvalue weighted by atomic mass is 19.4. The van der Waals surface area contributed by atoms with Gasteiger partial charge in [-0.05, 0) is 11.6 Å². The number of rotatable bonds is 1. The van der Waals surface area contributed by atoms with Gasteiger partial charge in [-0.15, -0.1) is 0 Å². The molecular formula is C9H8F3N3. The molecule has 3 nitrogen and oxygen atoms in total. The molecule has 2 aromatic rings. The molecule has 0 aliphatic heterocycles. The van der Waals surface area contributed by atoms with Crippen LogP contribution in [0.15, 0.2) is 18.6 Å². The fourth-order valence-electron chi connectivity index (χ4n) is 1.39. The molecule has 0 spiro atoms. The van der Waals surface area contributed by atoms with Gasteiger partial charge in [0.1, 0.15) is 5.52 Å². The van der Waals surface area contributed by atoms with Crippen LogP contribution in [0.25, 0.3) is 11.2 Å². The maximum Gasteiger partial charge on any atom is 0.393 e. The molecule has 6 heteroatoms. The first-order valence-electron chi connectivity index (χ1n) is 4.28. The first kappa shape index (κ1) is 9.95. The van der Waals surface area contributed by atoms with Gasteiger partial charge in [0.15, 0.2) is 5.65 Å². The minimum Gasteiger partial charge on any atom is -0.318 e. The molecular weight excluding hydrogens is 207 g/mol. The molecule has 0 saturated heterocycles. The van der Waals surface area contributed by atoms with Crippen molar-refractivity contribution in [1.82, 2.24) is 14.5 Å². The van der Waals surface area contributed by atoms with Crippen molar-refractivity contribution < 1.29 is 13.2 Å². The third kappa shape index (κ3) is 2.08. The van der Waals surface area contributed by atoms with Crippen LogP contribution in [0.2, 0.25) is 0 Å². The van der Waals surface area contributed by atoms with Crippen LogP contribution in [0.4, 0.5) is 13.2 Å². The molecule has 0 amide bonds. The Kier molecular flexibility index (Phi) is 2.13. The Morgan fingerprint density at radius 2 is 2.07 bits per heavy atom. The molecule has 2 aromatic heterocycles. The molecule has 0 saturated carbocycles. The van der Waals surface area contributed by atoms with Gasteiger partial charge in [0.25, 0.3) is 0 Å². The van der Waals surface area contributed by atoms with E-state index in [1.54, 1.807) is 11.6 Å². The van der Waals surface area contributed by atoms with Crippen LogP contribution in [0.5, 0.6) is 0 Å². The smallest absolute Gasteiger partial charge is 0.318 e. The van der Waals surface area contributed by atoms with Gasteiger partial charge >= 0.3 is 6.18 Å². The highest BCUT2D eigenvalue weighted by Gasteiger charge is 2.27. The molecule has 0 N–H and O–H groups in total. The van der Waals surface area contributed by atoms with Gasteiger partial charge in [-0.3, -0.25) is 0 Å². The zero-order valence-corrected chi connectivity index (χ0v) is 7.91. The number of imidazole rings is 1. The summed E-state index contributed by atoms with van der Waals surface area (Å²) in [6.45, 7) is 0. The average molecular weight is 215 g/mol. The lowest BCUT2D eigenvalue weighted by atomic mass is 10.2. The normalized spacial score (nSPS) is 12.3. The van der Waals surface area contributed by atoms with Crippen molar-refractivity contribution in [2.24, 2.45) is 7.05 Å². The molecule has 80 valence electrons. The van der Waals surface area contributed by atoms with Gasteiger partial charge in [-0.25, -0.2) is 9.97 Å². The van der Waals surface area contributed by atoms with Crippen molar-refractivity contribution in [3.63, 3.8) is 0 Å². The predicted octanol–water partition coefficient (Wildman–Crippen LogP) is 2.07. The molecule has 2 rings (SSSR count). The molecule has 2 heterocycles. The Bertz CT molecular complexity index is 487. The Morgan fingerprint density at radius 1 is 1.33 bits per heavy atom. The van der Waals surface area contributed by atoms with Gasteiger partial charge in [0.2, 0.25) is 0 Å². The fraction of sp³-hybridized carbons (Fsp3) is 0.333. The molecule has 0 atom stereocenters. The van der Waals surface area contributed by atoms with E-state index in [1.807, 2.05) is 0 Å². The second-order valence-corrected chi connectivity index (χ2v) is 3.33. The van der Waals surface area contributed by atoms with E-state index in [9.17, 15) is 13.2 Å². The Labute approximate surface area is 83.6 Å². The third-order valence-corrected chi connectivity index (χ3v) is 2.01. The van der Waals surface area contributed by atoms with Gasteiger partial charge in [-0.2, -0.15) is 13.2 Å². The zero-order valence-electron chi connectivity index (χ0n) is 7.91. The van der Waals surface area contributed by atoms with Crippen LogP contribution in [0, 0.1) is 0 Å². The van der Waals surface area contributed by atoms with Gasteiger partial charge in [-0.1, -0.05) is 0 Å². The Balaban J connectivity index is 2.39. The number of halogens is 3. The van der Waals surface area contributed by atoms with Gasteiger partial charge in [0, 0.05) is 13.2 Å². The average Bonchev–Trinajstić information content (AvgIpc) is 2.45. The summed E-state index contributed by atoms with van der Waals surface area (Å²) in [5, 5.41) is 0. The standard InChI is InChI=1S/C9H8F3N3/c1-15-5-14-7-2-6(3-9(10,11)12)4-13-8(7)15/h2,4-5H,3H2,1H3. The highest BCUT2D eigenvalue weighted by Crippen LogP contribution is 2.22. The second kappa shape index (κ2) is 3.22. The number of hydrogen-bond acceptors (Lipinski definition) is 2. The number of pyridine rings is 1. The predicted molar refractivity (Wildman–Crippen MR) is 48.3 cm³/mol. The van der Waals surface area contributed by atoms with E-state index in [2.05, 4.69) is 9.97 Å². The maximum absolute atomic E-state index is 12.1. The van der Waals surface area contributed by atoms with E-state index in [-0.39, 0.29) is 5.56 Å². The lowest BCUT2D eigenvalue weighted by Gasteiger charge is -2.05. The summed E-state index contributed by atoms with van der Waals surface area (Å²) in [6, 6.07) is 1.41. The Morgan fingerprint density at radius 3 is 2.73 bits per heavy atom. The van der Waals surface area contributed by atoms with Crippen molar-refractivity contribution in [2.75, 3.05) is 0 Å². The number of hydrogen-bond donors (Lipinski definition) is 0. The fourth-order valence-corrected chi connectivity index (χ4v) is 1.39. The van der Waals surface area contributed by atoms with Crippen molar-refractivity contribution in [1.29, 1.82) is 0 Å². The minimum atomic E-state index is -4.20. The maximum atomic E-state index is 12.1. The van der Waals surface area contributed by atoms with Crippen LogP contribution in [0.1, 0.15) is 5.56 Å². The SMILES string of the molecule is Cn1cnc2cc(CC(F)(F)F)cnc21. The van der Waals surface area contributed by atoms with E-state index < -0.39 is 12.6 Å². The molecule has 0 unspecified atom stereocenters. The summed E-state index contributed by atoms with van der Waals surface area (Å²) in [6.07, 6.45) is -2.41. The zero-order chi connectivity index (χ0) is 11.1. The molecule has 0 radical (unpaired) electrons. The van der Waals surface area contributed by atoms with E-state index >= 15 is 0 Å². The quantitative estimate of drug-likeness (QED) is 0.729. The molecule has 0 fully saturated rings. The van der Waals surface area contributed by atoms with Crippen LogP contribution >= 0.6 is 0 Å². The van der Waals surface area contributed by atoms with Gasteiger partial charge in [0.05, 0.1) is 12.7 Å². The highest BCUT2D eigenvalue weighted by molar-refractivity contribution is 5.71. The van der Waals surface area contributed by atoms with E-state index in [0.29, 0.717) is 11.2 Å². The topological polar surface area (TPSA) is 30.7 Å². The summed E-state index contributed by atoms with van der Waals surface area (Å²) in [7, 11) is 1.74. The van der Waals surface area contributed by atoms with Gasteiger partial charge < -0.3 is 4.57 Å². The molecule has 0 aliphatic carbocycles. The monoisotopic (exact) mass is 215 g/mol. The summed E-state index contributed by atoms with van der Waals surface area (Å²) < 4.78 is 37.9. The molecule has 15 heavy (non-hydrogen) atoms. The third-order valence-electron chi connectivity index (χ3n) is 2.01. The summed E-state index contributed by atoms with van der Waals surface area (Å²) in [4.78, 5) is 7.87. The number of fused-ring (bicyclic) bond motifs is 1. The van der Waals surface area contributed by atoms with Crippen LogP contribution < -0.4 is 0 Å². The molecule has 0 aliphatic rings. The van der Waals surface area contributed by atoms with E-state index in [0.717, 1.165) is 0 Å². The van der Waals surface area contributed by atoms with Crippen molar-refractivity contribution >= 4 is 11.2 Å². The van der Waals surface area contributed by atoms with Crippen molar-refractivity contribution in [3.05, 3.63) is 24.2 Å². The van der Waals surface area contributed by atoms with Crippen LogP contribution in [-0.4, -0.2) is 20.7 Å². The first-order chi connectivity index (χ1) is 6.96. The van der Waals surface area contributed by atoms with Crippen molar-refractivity contribution in [2.45, 2.75) is 12.6 Å². The number of aryl methyl sites for hydroxylation is 1. The lowest BCUT2D eigenvalue weighted by molar-refractivity contribution is -0.127. The summed E-state index contributed by atoms with van der Waals surface area (Å²) >= 11 is 0. The summed E-state index contributed by atoms with van der Waals surface area (Å²) in [5.41, 5.74) is 1.20. The van der Waals surface area contributed by atoms with E-state index in [1.165, 1.54) is 18.6 Å². The molecule has 0 aromatic carbocycles. The van der Waals surface area contributed by atoms with E-state index in [4.69, 9.17) is 0 Å². The van der Waals surface area contributed by atoms with Crippen LogP contribution in [0.3, 0.4) is 0 Å². The summed E-state index contributed by atoms with van der Waals surface area (Å²) in [5.74, 6) is 0. The Hall–Kier alpha value is -1.59. The number of alkyl halides is 3. The minimum absolute atomic E-state index is 0.133. The first-order valence-corrected chi connectivity index (χ1v) is 4.28. The largest absolute Gasteiger partial charge is 0.393 e. The number of nitrogens with zero attached hydrogens (tertiary/aromatic N) is 3. The second-order valence-electron chi connectivity index (χ2n) is 3.33.